The fourth-order valence-electron chi connectivity index (χ4n) is 3.48. The minimum atomic E-state index is -4.66. The average molecular weight is 466 g/mol. The van der Waals surface area contributed by atoms with E-state index in [1.165, 1.54) is 0 Å². The van der Waals surface area contributed by atoms with Crippen LogP contribution in [-0.4, -0.2) is 31.1 Å². The van der Waals surface area contributed by atoms with Gasteiger partial charge in [0, 0.05) is 23.1 Å². The summed E-state index contributed by atoms with van der Waals surface area (Å²) in [5.41, 5.74) is 1.79. The van der Waals surface area contributed by atoms with E-state index in [0.29, 0.717) is 29.2 Å². The van der Waals surface area contributed by atoms with E-state index in [1.54, 1.807) is 18.2 Å². The summed E-state index contributed by atoms with van der Waals surface area (Å²) in [6.45, 7) is -0.0635. The molecule has 3 heterocycles. The van der Waals surface area contributed by atoms with Gasteiger partial charge in [-0.2, -0.15) is 23.3 Å². The second-order valence-electron chi connectivity index (χ2n) is 7.50. The molecular weight excluding hydrogens is 449 g/mol. The number of alkyl halides is 3. The number of amides is 1. The maximum atomic E-state index is 13.5. The lowest BCUT2D eigenvalue weighted by Gasteiger charge is -2.14. The minimum Gasteiger partial charge on any atom is -0.362 e. The number of hydrogen-bond acceptors (Lipinski definition) is 7. The maximum Gasteiger partial charge on any atom is 0.421 e. The smallest absolute Gasteiger partial charge is 0.362 e. The molecule has 0 saturated heterocycles. The first-order valence-corrected chi connectivity index (χ1v) is 10.2. The van der Waals surface area contributed by atoms with E-state index in [1.807, 2.05) is 30.3 Å². The van der Waals surface area contributed by atoms with Gasteiger partial charge in [-0.1, -0.05) is 30.3 Å². The van der Waals surface area contributed by atoms with Crippen molar-refractivity contribution in [1.82, 2.24) is 25.1 Å². The van der Waals surface area contributed by atoms with Crippen molar-refractivity contribution >= 4 is 29.0 Å². The van der Waals surface area contributed by atoms with Crippen molar-refractivity contribution in [2.24, 2.45) is 0 Å². The van der Waals surface area contributed by atoms with Crippen LogP contribution in [0.25, 0.3) is 11.4 Å². The molecule has 0 atom stereocenters. The Hall–Kier alpha value is -4.48. The zero-order valence-corrected chi connectivity index (χ0v) is 17.4. The van der Waals surface area contributed by atoms with Crippen molar-refractivity contribution in [3.8, 4) is 11.4 Å². The summed E-state index contributed by atoms with van der Waals surface area (Å²) in [7, 11) is 0. The molecule has 1 aliphatic heterocycles. The monoisotopic (exact) mass is 466 g/mol. The molecule has 1 aliphatic rings. The number of aromatic nitrogens is 5. The molecule has 0 aliphatic carbocycles. The molecule has 2 aromatic carbocycles. The third-order valence-corrected chi connectivity index (χ3v) is 5.07. The Labute approximate surface area is 190 Å². The fraction of sp³-hybridized carbons (Fsp3) is 0.136. The van der Waals surface area contributed by atoms with E-state index in [2.05, 4.69) is 41.1 Å². The van der Waals surface area contributed by atoms with Crippen molar-refractivity contribution in [3.63, 3.8) is 0 Å². The summed E-state index contributed by atoms with van der Waals surface area (Å²) >= 11 is 0. The number of fused-ring (bicyclic) bond motifs is 1. The molecule has 5 rings (SSSR count). The SMILES string of the molecule is O=C1Cc2cc(Nc3ncc(C(F)(F)F)c(NCc4nc(-c5ccccc5)n[nH]4)n3)ccc2N1. The van der Waals surface area contributed by atoms with Gasteiger partial charge in [-0.15, -0.1) is 0 Å². The number of nitrogens with one attached hydrogen (secondary N) is 4. The molecule has 172 valence electrons. The molecule has 4 aromatic rings. The van der Waals surface area contributed by atoms with Gasteiger partial charge in [0.15, 0.2) is 5.82 Å². The van der Waals surface area contributed by atoms with Crippen LogP contribution in [0.1, 0.15) is 17.0 Å². The summed E-state index contributed by atoms with van der Waals surface area (Å²) in [5.74, 6) is 0.224. The molecule has 0 saturated carbocycles. The second-order valence-corrected chi connectivity index (χ2v) is 7.50. The van der Waals surface area contributed by atoms with Crippen molar-refractivity contribution in [2.75, 3.05) is 16.0 Å². The summed E-state index contributed by atoms with van der Waals surface area (Å²) < 4.78 is 40.6. The Balaban J connectivity index is 1.36. The summed E-state index contributed by atoms with van der Waals surface area (Å²) in [5, 5.41) is 15.1. The highest BCUT2D eigenvalue weighted by Crippen LogP contribution is 2.34. The predicted octanol–water partition coefficient (Wildman–Crippen LogP) is 4.13. The van der Waals surface area contributed by atoms with Crippen molar-refractivity contribution < 1.29 is 18.0 Å². The average Bonchev–Trinajstić information content (AvgIpc) is 3.43. The number of carbonyl (C=O) groups is 1. The van der Waals surface area contributed by atoms with Crippen LogP contribution < -0.4 is 16.0 Å². The van der Waals surface area contributed by atoms with Crippen LogP contribution in [0.3, 0.4) is 0 Å². The molecule has 34 heavy (non-hydrogen) atoms. The van der Waals surface area contributed by atoms with E-state index in [4.69, 9.17) is 0 Å². The first-order valence-electron chi connectivity index (χ1n) is 10.2. The van der Waals surface area contributed by atoms with Gasteiger partial charge in [0.2, 0.25) is 11.9 Å². The number of carbonyl (C=O) groups excluding carboxylic acids is 1. The van der Waals surface area contributed by atoms with E-state index < -0.39 is 17.6 Å². The van der Waals surface area contributed by atoms with E-state index in [0.717, 1.165) is 11.1 Å². The molecule has 4 N–H and O–H groups in total. The number of nitrogens with zero attached hydrogens (tertiary/aromatic N) is 4. The summed E-state index contributed by atoms with van der Waals surface area (Å²) in [6, 6.07) is 14.3. The molecule has 0 bridgehead atoms. The summed E-state index contributed by atoms with van der Waals surface area (Å²) in [6.07, 6.45) is -3.71. The van der Waals surface area contributed by atoms with Crippen LogP contribution in [0.5, 0.6) is 0 Å². The first-order chi connectivity index (χ1) is 16.3. The Morgan fingerprint density at radius 2 is 1.88 bits per heavy atom. The lowest BCUT2D eigenvalue weighted by molar-refractivity contribution is -0.137. The van der Waals surface area contributed by atoms with Crippen LogP contribution in [0.2, 0.25) is 0 Å². The summed E-state index contributed by atoms with van der Waals surface area (Å²) in [4.78, 5) is 23.7. The lowest BCUT2D eigenvalue weighted by Crippen LogP contribution is -2.14. The number of halogens is 3. The second kappa shape index (κ2) is 8.46. The van der Waals surface area contributed by atoms with Crippen molar-refractivity contribution in [3.05, 3.63) is 71.7 Å². The predicted molar refractivity (Wildman–Crippen MR) is 118 cm³/mol. The Kier molecular flexibility index (Phi) is 5.32. The van der Waals surface area contributed by atoms with Crippen molar-refractivity contribution in [2.45, 2.75) is 19.1 Å². The van der Waals surface area contributed by atoms with Crippen LogP contribution in [0, 0.1) is 0 Å². The number of rotatable bonds is 6. The van der Waals surface area contributed by atoms with Crippen LogP contribution in [0.15, 0.2) is 54.7 Å². The Morgan fingerprint density at radius 1 is 1.06 bits per heavy atom. The number of hydrogen-bond donors (Lipinski definition) is 4. The number of anilines is 4. The van der Waals surface area contributed by atoms with Gasteiger partial charge in [0.1, 0.15) is 17.2 Å². The zero-order chi connectivity index (χ0) is 23.7. The highest BCUT2D eigenvalue weighted by molar-refractivity contribution is 5.99. The van der Waals surface area contributed by atoms with Crippen LogP contribution in [0.4, 0.5) is 36.3 Å². The van der Waals surface area contributed by atoms with E-state index in [9.17, 15) is 18.0 Å². The maximum absolute atomic E-state index is 13.5. The highest BCUT2D eigenvalue weighted by atomic mass is 19.4. The molecule has 1 amide bonds. The molecule has 0 unspecified atom stereocenters. The quantitative estimate of drug-likeness (QED) is 0.337. The van der Waals surface area contributed by atoms with Gasteiger partial charge in [-0.05, 0) is 23.8 Å². The molecule has 0 spiro atoms. The topological polar surface area (TPSA) is 121 Å². The fourth-order valence-corrected chi connectivity index (χ4v) is 3.48. The minimum absolute atomic E-state index is 0.0322. The molecule has 12 heteroatoms. The van der Waals surface area contributed by atoms with E-state index >= 15 is 0 Å². The third-order valence-electron chi connectivity index (χ3n) is 5.07. The number of H-pyrrole nitrogens is 1. The van der Waals surface area contributed by atoms with Gasteiger partial charge in [0.25, 0.3) is 0 Å². The lowest BCUT2D eigenvalue weighted by atomic mass is 10.1. The molecule has 0 radical (unpaired) electrons. The molecule has 0 fully saturated rings. The normalized spacial score (nSPS) is 12.9. The Bertz CT molecular complexity index is 1350. The highest BCUT2D eigenvalue weighted by Gasteiger charge is 2.35. The van der Waals surface area contributed by atoms with Crippen LogP contribution >= 0.6 is 0 Å². The number of aromatic amines is 1. The molecular formula is C22H17F3N8O. The van der Waals surface area contributed by atoms with Gasteiger partial charge in [-0.25, -0.2) is 9.97 Å². The number of benzene rings is 2. The first kappa shape index (κ1) is 21.4. The van der Waals surface area contributed by atoms with Crippen molar-refractivity contribution in [1.29, 1.82) is 0 Å². The largest absolute Gasteiger partial charge is 0.421 e. The van der Waals surface area contributed by atoms with E-state index in [-0.39, 0.29) is 24.8 Å². The van der Waals surface area contributed by atoms with Gasteiger partial charge in [-0.3, -0.25) is 9.89 Å². The zero-order valence-electron chi connectivity index (χ0n) is 17.4. The van der Waals surface area contributed by atoms with Gasteiger partial charge < -0.3 is 16.0 Å². The standard InChI is InChI=1S/C22H17F3N8O/c23-22(24,25)15-10-27-21(28-14-6-7-16-13(8-14)9-18(34)29-16)31-20(15)26-11-17-30-19(33-32-17)12-4-2-1-3-5-12/h1-8,10H,9,11H2,(H,29,34)(H,30,32,33)(H2,26,27,28,31). The molecule has 9 nitrogen and oxygen atoms in total. The van der Waals surface area contributed by atoms with Gasteiger partial charge in [0.05, 0.1) is 13.0 Å². The van der Waals surface area contributed by atoms with Gasteiger partial charge >= 0.3 is 6.18 Å². The van der Waals surface area contributed by atoms with Crippen LogP contribution in [-0.2, 0) is 23.9 Å². The molecule has 2 aromatic heterocycles. The third kappa shape index (κ3) is 4.51. The Morgan fingerprint density at radius 3 is 2.68 bits per heavy atom.